The fourth-order valence-electron chi connectivity index (χ4n) is 7.76. The number of hydrogen-bond donors (Lipinski definition) is 18. The largest absolute Gasteiger partial charge is 0.477 e. The van der Waals surface area contributed by atoms with Gasteiger partial charge in [-0.3, -0.25) is 9.59 Å². The summed E-state index contributed by atoms with van der Waals surface area (Å²) in [5.41, 5.74) is 0. The smallest absolute Gasteiger partial charge is 0.364 e. The van der Waals surface area contributed by atoms with Crippen molar-refractivity contribution in [2.75, 3.05) is 26.4 Å². The van der Waals surface area contributed by atoms with Gasteiger partial charge in [0.05, 0.1) is 50.7 Å². The molecular formula is C34H56N2O27. The number of aliphatic hydroxyl groups excluding tert-OH is 14. The average molecular weight is 925 g/mol. The minimum Gasteiger partial charge on any atom is -0.477 e. The van der Waals surface area contributed by atoms with Gasteiger partial charge in [-0.2, -0.15) is 0 Å². The Balaban J connectivity index is 1.72. The van der Waals surface area contributed by atoms with Crippen LogP contribution in [0.15, 0.2) is 0 Å². The molecule has 18 N–H and O–H groups in total. The van der Waals surface area contributed by atoms with Gasteiger partial charge in [0.15, 0.2) is 12.6 Å². The zero-order valence-electron chi connectivity index (χ0n) is 33.4. The Morgan fingerprint density at radius 2 is 1.16 bits per heavy atom. The number of ether oxygens (including phenoxy) is 7. The zero-order chi connectivity index (χ0) is 47.5. The molecule has 3 unspecified atom stereocenters. The molecule has 0 aromatic heterocycles. The van der Waals surface area contributed by atoms with Gasteiger partial charge >= 0.3 is 11.9 Å². The van der Waals surface area contributed by atoms with E-state index in [1.54, 1.807) is 0 Å². The van der Waals surface area contributed by atoms with Crippen LogP contribution in [-0.2, 0) is 52.3 Å². The topological polar surface area (TPSA) is 481 Å². The van der Waals surface area contributed by atoms with Crippen molar-refractivity contribution in [3.8, 4) is 0 Å². The second-order valence-corrected chi connectivity index (χ2v) is 15.5. The van der Waals surface area contributed by atoms with Crippen LogP contribution >= 0.6 is 0 Å². The summed E-state index contributed by atoms with van der Waals surface area (Å²) in [6.07, 6.45) is -40.7. The summed E-state index contributed by atoms with van der Waals surface area (Å²) in [5, 5.41) is 173. The number of carbonyl (C=O) groups excluding carboxylic acids is 2. The van der Waals surface area contributed by atoms with Crippen molar-refractivity contribution in [3.63, 3.8) is 0 Å². The maximum absolute atomic E-state index is 13.1. The van der Waals surface area contributed by atoms with Gasteiger partial charge in [-0.1, -0.05) is 0 Å². The highest BCUT2D eigenvalue weighted by molar-refractivity contribution is 5.77. The number of carbonyl (C=O) groups is 4. The van der Waals surface area contributed by atoms with Gasteiger partial charge in [-0.05, 0) is 0 Å². The van der Waals surface area contributed by atoms with Crippen molar-refractivity contribution in [3.05, 3.63) is 0 Å². The molecule has 0 aliphatic carbocycles. The lowest BCUT2D eigenvalue weighted by Gasteiger charge is -2.51. The summed E-state index contributed by atoms with van der Waals surface area (Å²) in [6.45, 7) is -2.75. The number of carboxylic acids is 2. The number of amides is 2. The Morgan fingerprint density at radius 1 is 0.651 bits per heavy atom. The molecule has 4 saturated heterocycles. The van der Waals surface area contributed by atoms with Crippen LogP contribution in [0.3, 0.4) is 0 Å². The van der Waals surface area contributed by atoms with Crippen LogP contribution in [0.5, 0.6) is 0 Å². The summed E-state index contributed by atoms with van der Waals surface area (Å²) in [5.74, 6) is -12.6. The summed E-state index contributed by atoms with van der Waals surface area (Å²) in [6, 6.07) is -3.57. The van der Waals surface area contributed by atoms with Gasteiger partial charge < -0.3 is 125 Å². The predicted octanol–water partition coefficient (Wildman–Crippen LogP) is -11.0. The Kier molecular flexibility index (Phi) is 18.0. The first kappa shape index (κ1) is 52.7. The third-order valence-electron chi connectivity index (χ3n) is 11.0. The van der Waals surface area contributed by atoms with Crippen LogP contribution in [-0.4, -0.2) is 266 Å². The van der Waals surface area contributed by atoms with Crippen LogP contribution in [0, 0.1) is 0 Å². The zero-order valence-corrected chi connectivity index (χ0v) is 33.4. The van der Waals surface area contributed by atoms with E-state index in [1.807, 2.05) is 0 Å². The average Bonchev–Trinajstić information content (AvgIpc) is 3.22. The van der Waals surface area contributed by atoms with Crippen molar-refractivity contribution in [2.45, 2.75) is 161 Å². The molecule has 0 saturated carbocycles. The van der Waals surface area contributed by atoms with E-state index in [0.717, 1.165) is 13.8 Å². The minimum absolute atomic E-state index is 0.837. The highest BCUT2D eigenvalue weighted by atomic mass is 16.8. The van der Waals surface area contributed by atoms with Crippen molar-refractivity contribution >= 4 is 23.8 Å². The van der Waals surface area contributed by atoms with Crippen LogP contribution in [0.4, 0.5) is 0 Å². The van der Waals surface area contributed by atoms with Crippen molar-refractivity contribution in [1.82, 2.24) is 10.6 Å². The van der Waals surface area contributed by atoms with Gasteiger partial charge in [0.1, 0.15) is 85.5 Å². The summed E-state index contributed by atoms with van der Waals surface area (Å²) in [4.78, 5) is 50.3. The van der Waals surface area contributed by atoms with Crippen molar-refractivity contribution in [1.29, 1.82) is 0 Å². The maximum Gasteiger partial charge on any atom is 0.364 e. The van der Waals surface area contributed by atoms with E-state index in [2.05, 4.69) is 10.6 Å². The first-order valence-corrected chi connectivity index (χ1v) is 19.4. The molecule has 0 spiro atoms. The normalized spacial score (nSPS) is 42.9. The number of hydrogen-bond acceptors (Lipinski definition) is 25. The third-order valence-corrected chi connectivity index (χ3v) is 11.0. The molecule has 0 bridgehead atoms. The monoisotopic (exact) mass is 924 g/mol. The Labute approximate surface area is 355 Å². The minimum atomic E-state index is -3.33. The second kappa shape index (κ2) is 21.6. The number of rotatable bonds is 18. The maximum atomic E-state index is 13.1. The molecule has 4 rings (SSSR count). The molecule has 0 aromatic carbocycles. The standard InChI is InChI=1S/C34H56N2O27/c1-9(41)35-17-11(43)3-33(31(53)54,61-26(17)19(46)13(45)5-37)60-15(7-39)21(48)27-18(36-10(2)42)12(44)4-34(62-27,32(55)56)63-28-20(47)14(6-38)58-30(24(28)51)59-25-16(8-40)57-29(52)23(50)22(25)49/h11-30,37-40,43-52H,3-8H2,1-2H3,(H,35,41)(H,36,42)(H,53,54)(H,55,56)/t11-,12-,13+,14+,15+,16+,17+,18+,19+,20-,21+,22+,23?,24+,25+,26?,27?,28-,29+,30-,33+,34-/m0/s1. The molecule has 4 aliphatic rings. The third kappa shape index (κ3) is 11.2. The Bertz CT molecular complexity index is 1560. The first-order valence-electron chi connectivity index (χ1n) is 19.4. The molecule has 29 heteroatoms. The fourth-order valence-corrected chi connectivity index (χ4v) is 7.76. The van der Waals surface area contributed by atoms with Gasteiger partial charge in [0, 0.05) is 26.7 Å². The van der Waals surface area contributed by atoms with Crippen molar-refractivity contribution in [2.24, 2.45) is 0 Å². The second-order valence-electron chi connectivity index (χ2n) is 15.5. The van der Waals surface area contributed by atoms with Gasteiger partial charge in [0.25, 0.3) is 11.6 Å². The Morgan fingerprint density at radius 3 is 1.63 bits per heavy atom. The molecule has 4 aliphatic heterocycles. The van der Waals surface area contributed by atoms with E-state index in [9.17, 15) is 101 Å². The molecule has 4 heterocycles. The van der Waals surface area contributed by atoms with Crippen LogP contribution in [0.25, 0.3) is 0 Å². The van der Waals surface area contributed by atoms with E-state index >= 15 is 0 Å². The highest BCUT2D eigenvalue weighted by Crippen LogP contribution is 2.40. The van der Waals surface area contributed by atoms with E-state index in [4.69, 9.17) is 33.2 Å². The molecule has 2 amide bonds. The quantitative estimate of drug-likeness (QED) is 0.0607. The molecule has 63 heavy (non-hydrogen) atoms. The summed E-state index contributed by atoms with van der Waals surface area (Å²) >= 11 is 0. The summed E-state index contributed by atoms with van der Waals surface area (Å²) in [7, 11) is 0. The highest BCUT2D eigenvalue weighted by Gasteiger charge is 2.62. The van der Waals surface area contributed by atoms with E-state index < -0.39 is 197 Å². The molecule has 0 radical (unpaired) electrons. The SMILES string of the molecule is CC(=O)N[C@H]1C([C@H](O)[C@H](O)CO)O[C@@](O[C@H](CO)[C@@H](O)C2O[C@@](O[C@H]3[C@@H](O)[C@@H](CO)O[C@@H](O[C@H]4[C@H](O)C(O)[C@H](O)O[C@@H]4CO)[C@@H]3O)(C(=O)O)C[C@H](O)[C@H]2NC(C)=O)(C(=O)O)C[C@@H]1O. The van der Waals surface area contributed by atoms with Crippen LogP contribution < -0.4 is 10.6 Å². The lowest BCUT2D eigenvalue weighted by Crippen LogP contribution is -2.72. The van der Waals surface area contributed by atoms with Gasteiger partial charge in [0.2, 0.25) is 11.8 Å². The summed E-state index contributed by atoms with van der Waals surface area (Å²) < 4.78 is 38.4. The number of nitrogens with one attached hydrogen (secondary N) is 2. The Hall–Kier alpha value is -2.96. The van der Waals surface area contributed by atoms with E-state index in [-0.39, 0.29) is 0 Å². The van der Waals surface area contributed by atoms with Crippen LogP contribution in [0.1, 0.15) is 26.7 Å². The number of aliphatic hydroxyl groups is 14. The predicted molar refractivity (Wildman–Crippen MR) is 191 cm³/mol. The van der Waals surface area contributed by atoms with Gasteiger partial charge in [-0.15, -0.1) is 0 Å². The number of carboxylic acid groups (broad SMARTS) is 2. The molecular weight excluding hydrogens is 868 g/mol. The molecule has 0 aromatic rings. The molecule has 22 atom stereocenters. The lowest BCUT2D eigenvalue weighted by atomic mass is 9.87. The van der Waals surface area contributed by atoms with E-state index in [0.29, 0.717) is 0 Å². The first-order chi connectivity index (χ1) is 29.4. The lowest BCUT2D eigenvalue weighted by molar-refractivity contribution is -0.387. The van der Waals surface area contributed by atoms with Crippen molar-refractivity contribution < 1.29 is 134 Å². The molecule has 364 valence electrons. The van der Waals surface area contributed by atoms with Gasteiger partial charge in [-0.25, -0.2) is 9.59 Å². The number of aliphatic carboxylic acids is 2. The fraction of sp³-hybridized carbons (Fsp3) is 0.882. The van der Waals surface area contributed by atoms with Crippen LogP contribution in [0.2, 0.25) is 0 Å². The molecule has 4 fully saturated rings. The molecule has 29 nitrogen and oxygen atoms in total. The van der Waals surface area contributed by atoms with E-state index in [1.165, 1.54) is 0 Å².